The molecule has 29 heavy (non-hydrogen) atoms. The van der Waals surface area contributed by atoms with Crippen molar-refractivity contribution in [2.45, 2.75) is 11.1 Å². The Labute approximate surface area is 167 Å². The molecule has 6 nitrogen and oxygen atoms in total. The number of rotatable bonds is 4. The Hall–Kier alpha value is -2.59. The number of amides is 1. The van der Waals surface area contributed by atoms with E-state index in [9.17, 15) is 26.4 Å². The summed E-state index contributed by atoms with van der Waals surface area (Å²) in [6.07, 6.45) is -4.59. The second kappa shape index (κ2) is 8.03. The number of hydrogen-bond donors (Lipinski definition) is 1. The first-order valence-electron chi connectivity index (χ1n) is 8.84. The third kappa shape index (κ3) is 5.07. The number of sulfonamides is 1. The molecule has 0 aliphatic carbocycles. The molecule has 1 amide bonds. The number of nitrogens with zero attached hydrogens (tertiary/aromatic N) is 2. The summed E-state index contributed by atoms with van der Waals surface area (Å²) < 4.78 is 65.9. The first-order valence-corrected chi connectivity index (χ1v) is 10.3. The number of carbonyl (C=O) groups is 1. The van der Waals surface area contributed by atoms with Crippen LogP contribution in [0.1, 0.15) is 15.9 Å². The lowest BCUT2D eigenvalue weighted by molar-refractivity contribution is -0.137. The number of benzene rings is 2. The van der Waals surface area contributed by atoms with Crippen LogP contribution in [0.3, 0.4) is 0 Å². The fourth-order valence-electron chi connectivity index (χ4n) is 2.96. The number of carbonyl (C=O) groups excluding carboxylic acids is 1. The molecule has 0 aromatic heterocycles. The van der Waals surface area contributed by atoms with Gasteiger partial charge in [-0.2, -0.15) is 13.2 Å². The van der Waals surface area contributed by atoms with Crippen molar-refractivity contribution in [2.24, 2.45) is 0 Å². The van der Waals surface area contributed by atoms with Crippen LogP contribution in [0.2, 0.25) is 0 Å². The van der Waals surface area contributed by atoms with Crippen LogP contribution in [0.25, 0.3) is 0 Å². The van der Waals surface area contributed by atoms with Gasteiger partial charge in [-0.25, -0.2) is 8.42 Å². The lowest BCUT2D eigenvalue weighted by Gasteiger charge is -2.32. The number of halogens is 3. The van der Waals surface area contributed by atoms with E-state index in [1.54, 1.807) is 4.90 Å². The van der Waals surface area contributed by atoms with Crippen molar-refractivity contribution in [2.75, 3.05) is 37.9 Å². The molecule has 1 aliphatic rings. The van der Waals surface area contributed by atoms with Crippen molar-refractivity contribution in [3.8, 4) is 0 Å². The summed E-state index contributed by atoms with van der Waals surface area (Å²) in [5.74, 6) is -0.283. The van der Waals surface area contributed by atoms with Gasteiger partial charge in [0.05, 0.1) is 10.5 Å². The van der Waals surface area contributed by atoms with Crippen LogP contribution >= 0.6 is 0 Å². The average molecular weight is 427 g/mol. The molecule has 0 atom stereocenters. The average Bonchev–Trinajstić information content (AvgIpc) is 2.67. The molecule has 1 fully saturated rings. The van der Waals surface area contributed by atoms with E-state index in [1.165, 1.54) is 30.3 Å². The summed E-state index contributed by atoms with van der Waals surface area (Å²) in [6, 6.07) is 9.39. The molecule has 10 heteroatoms. The van der Waals surface area contributed by atoms with E-state index in [0.717, 1.165) is 31.3 Å². The molecule has 1 saturated heterocycles. The van der Waals surface area contributed by atoms with Gasteiger partial charge in [-0.3, -0.25) is 9.52 Å². The molecule has 1 heterocycles. The normalized spacial score (nSPS) is 15.9. The fourth-order valence-corrected chi connectivity index (χ4v) is 4.06. The second-order valence-electron chi connectivity index (χ2n) is 6.81. The van der Waals surface area contributed by atoms with Gasteiger partial charge in [0.2, 0.25) is 0 Å². The van der Waals surface area contributed by atoms with Crippen LogP contribution < -0.4 is 4.72 Å². The Kier molecular flexibility index (Phi) is 5.85. The topological polar surface area (TPSA) is 69.7 Å². The number of hydrogen-bond acceptors (Lipinski definition) is 4. The van der Waals surface area contributed by atoms with E-state index in [-0.39, 0.29) is 22.1 Å². The molecular formula is C19H20F3N3O3S. The van der Waals surface area contributed by atoms with Crippen LogP contribution in [0, 0.1) is 0 Å². The molecule has 2 aromatic rings. The molecule has 1 N–H and O–H groups in total. The zero-order chi connectivity index (χ0) is 21.2. The molecule has 0 spiro atoms. The molecule has 1 aliphatic heterocycles. The minimum absolute atomic E-state index is 0.199. The third-order valence-corrected chi connectivity index (χ3v) is 6.00. The van der Waals surface area contributed by atoms with E-state index >= 15 is 0 Å². The summed E-state index contributed by atoms with van der Waals surface area (Å²) in [7, 11) is -2.21. The highest BCUT2D eigenvalue weighted by Crippen LogP contribution is 2.31. The largest absolute Gasteiger partial charge is 0.416 e. The van der Waals surface area contributed by atoms with Gasteiger partial charge in [0.25, 0.3) is 15.9 Å². The van der Waals surface area contributed by atoms with E-state index in [1.807, 2.05) is 7.05 Å². The number of alkyl halides is 3. The van der Waals surface area contributed by atoms with Crippen LogP contribution in [0.15, 0.2) is 53.4 Å². The molecule has 0 bridgehead atoms. The smallest absolute Gasteiger partial charge is 0.336 e. The predicted octanol–water partition coefficient (Wildman–Crippen LogP) is 2.89. The van der Waals surface area contributed by atoms with Crippen molar-refractivity contribution in [3.05, 3.63) is 59.7 Å². The first-order chi connectivity index (χ1) is 13.6. The maximum atomic E-state index is 12.8. The van der Waals surface area contributed by atoms with E-state index in [2.05, 4.69) is 9.62 Å². The van der Waals surface area contributed by atoms with Gasteiger partial charge in [0.1, 0.15) is 0 Å². The number of anilines is 1. The number of likely N-dealkylation sites (N-methyl/N-ethyl adjacent to an activating group) is 1. The van der Waals surface area contributed by atoms with Crippen LogP contribution in [-0.4, -0.2) is 57.4 Å². The standard InChI is InChI=1S/C19H20F3N3O3S/c1-24-8-10-25(11-9-24)18(26)14-4-2-7-17(12-14)29(27,28)23-16-6-3-5-15(13-16)19(20,21)22/h2-7,12-13,23H,8-11H2,1H3. The minimum atomic E-state index is -4.59. The highest BCUT2D eigenvalue weighted by molar-refractivity contribution is 7.92. The quantitative estimate of drug-likeness (QED) is 0.815. The van der Waals surface area contributed by atoms with Crippen molar-refractivity contribution < 1.29 is 26.4 Å². The summed E-state index contributed by atoms with van der Waals surface area (Å²) in [4.78, 5) is 16.2. The van der Waals surface area contributed by atoms with E-state index < -0.39 is 21.8 Å². The van der Waals surface area contributed by atoms with Gasteiger partial charge in [-0.1, -0.05) is 12.1 Å². The van der Waals surface area contributed by atoms with E-state index in [4.69, 9.17) is 0 Å². The summed E-state index contributed by atoms with van der Waals surface area (Å²) >= 11 is 0. The van der Waals surface area contributed by atoms with Crippen molar-refractivity contribution in [3.63, 3.8) is 0 Å². The van der Waals surface area contributed by atoms with Gasteiger partial charge < -0.3 is 9.80 Å². The highest BCUT2D eigenvalue weighted by atomic mass is 32.2. The number of piperazine rings is 1. The maximum Gasteiger partial charge on any atom is 0.416 e. The fraction of sp³-hybridized carbons (Fsp3) is 0.316. The van der Waals surface area contributed by atoms with Crippen molar-refractivity contribution in [1.82, 2.24) is 9.80 Å². The zero-order valence-electron chi connectivity index (χ0n) is 15.6. The Bertz CT molecular complexity index is 1000. The molecule has 3 rings (SSSR count). The number of nitrogens with one attached hydrogen (secondary N) is 1. The van der Waals surface area contributed by atoms with Gasteiger partial charge in [-0.15, -0.1) is 0 Å². The van der Waals surface area contributed by atoms with Crippen molar-refractivity contribution in [1.29, 1.82) is 0 Å². The third-order valence-electron chi connectivity index (χ3n) is 4.62. The Morgan fingerprint density at radius 1 is 1.00 bits per heavy atom. The van der Waals surface area contributed by atoms with Crippen LogP contribution in [0.4, 0.5) is 18.9 Å². The lowest BCUT2D eigenvalue weighted by atomic mass is 10.2. The van der Waals surface area contributed by atoms with Gasteiger partial charge >= 0.3 is 6.18 Å². The van der Waals surface area contributed by atoms with Crippen LogP contribution in [-0.2, 0) is 16.2 Å². The SMILES string of the molecule is CN1CCN(C(=O)c2cccc(S(=O)(=O)Nc3cccc(C(F)(F)F)c3)c2)CC1. The van der Waals surface area contributed by atoms with Gasteiger partial charge in [0, 0.05) is 37.4 Å². The minimum Gasteiger partial charge on any atom is -0.336 e. The Morgan fingerprint density at radius 3 is 2.31 bits per heavy atom. The molecule has 156 valence electrons. The van der Waals surface area contributed by atoms with Gasteiger partial charge in [0.15, 0.2) is 0 Å². The van der Waals surface area contributed by atoms with Crippen molar-refractivity contribution >= 4 is 21.6 Å². The maximum absolute atomic E-state index is 12.8. The monoisotopic (exact) mass is 427 g/mol. The Morgan fingerprint density at radius 2 is 1.66 bits per heavy atom. The van der Waals surface area contributed by atoms with Gasteiger partial charge in [-0.05, 0) is 43.4 Å². The molecular weight excluding hydrogens is 407 g/mol. The lowest BCUT2D eigenvalue weighted by Crippen LogP contribution is -2.47. The molecule has 0 unspecified atom stereocenters. The molecule has 0 radical (unpaired) electrons. The van der Waals surface area contributed by atoms with E-state index in [0.29, 0.717) is 13.1 Å². The van der Waals surface area contributed by atoms with Crippen LogP contribution in [0.5, 0.6) is 0 Å². The first kappa shape index (κ1) is 21.1. The zero-order valence-corrected chi connectivity index (χ0v) is 16.4. The Balaban J connectivity index is 1.81. The summed E-state index contributed by atoms with van der Waals surface area (Å²) in [5.41, 5.74) is -0.964. The highest BCUT2D eigenvalue weighted by Gasteiger charge is 2.31. The predicted molar refractivity (Wildman–Crippen MR) is 102 cm³/mol. The molecule has 2 aromatic carbocycles. The summed E-state index contributed by atoms with van der Waals surface area (Å²) in [6.45, 7) is 2.52. The summed E-state index contributed by atoms with van der Waals surface area (Å²) in [5, 5.41) is 0. The molecule has 0 saturated carbocycles. The second-order valence-corrected chi connectivity index (χ2v) is 8.49.